The average Bonchev–Trinajstić information content (AvgIpc) is 2.53. The monoisotopic (exact) mass is 315 g/mol. The second-order valence-electron chi connectivity index (χ2n) is 5.14. The van der Waals surface area contributed by atoms with Crippen LogP contribution in [0.3, 0.4) is 0 Å². The van der Waals surface area contributed by atoms with E-state index in [2.05, 4.69) is 11.4 Å². The van der Waals surface area contributed by atoms with Crippen molar-refractivity contribution in [3.8, 4) is 5.75 Å². The molecule has 0 aromatic heterocycles. The lowest BCUT2D eigenvalue weighted by Crippen LogP contribution is -2.30. The number of methoxy groups -OCH3 is 1. The van der Waals surface area contributed by atoms with Crippen LogP contribution in [0.4, 0.5) is 0 Å². The van der Waals surface area contributed by atoms with Crippen LogP contribution >= 0.6 is 11.8 Å². The molecule has 2 aromatic carbocycles. The van der Waals surface area contributed by atoms with Crippen molar-refractivity contribution in [3.63, 3.8) is 0 Å². The predicted octanol–water partition coefficient (Wildman–Crippen LogP) is 3.80. The highest BCUT2D eigenvalue weighted by molar-refractivity contribution is 8.00. The lowest BCUT2D eigenvalue weighted by Gasteiger charge is -2.12. The number of ether oxygens (including phenoxy) is 1. The molecule has 0 aliphatic heterocycles. The van der Waals surface area contributed by atoms with Crippen molar-refractivity contribution in [1.82, 2.24) is 5.32 Å². The summed E-state index contributed by atoms with van der Waals surface area (Å²) in [4.78, 5) is 13.2. The SMILES string of the molecule is COc1ccc(S[C@@H](C)C(=O)NCc2cccc(C)c2)cc1. The van der Waals surface area contributed by atoms with Gasteiger partial charge in [-0.3, -0.25) is 4.79 Å². The standard InChI is InChI=1S/C18H21NO2S/c1-13-5-4-6-15(11-13)12-19-18(20)14(2)22-17-9-7-16(21-3)8-10-17/h4-11,14H,12H2,1-3H3,(H,19,20)/t14-/m0/s1. The molecule has 4 heteroatoms. The van der Waals surface area contributed by atoms with Gasteiger partial charge in [-0.15, -0.1) is 11.8 Å². The van der Waals surface area contributed by atoms with Gasteiger partial charge in [-0.05, 0) is 43.7 Å². The number of benzene rings is 2. The zero-order valence-corrected chi connectivity index (χ0v) is 13.9. The van der Waals surface area contributed by atoms with Crippen molar-refractivity contribution >= 4 is 17.7 Å². The third kappa shape index (κ3) is 4.81. The Balaban J connectivity index is 1.86. The second-order valence-corrected chi connectivity index (χ2v) is 6.56. The van der Waals surface area contributed by atoms with Crippen molar-refractivity contribution in [2.45, 2.75) is 30.5 Å². The number of carbonyl (C=O) groups excluding carboxylic acids is 1. The third-order valence-electron chi connectivity index (χ3n) is 3.29. The fourth-order valence-corrected chi connectivity index (χ4v) is 2.96. The van der Waals surface area contributed by atoms with Gasteiger partial charge >= 0.3 is 0 Å². The van der Waals surface area contributed by atoms with Crippen LogP contribution in [-0.2, 0) is 11.3 Å². The number of hydrogen-bond donors (Lipinski definition) is 1. The molecule has 0 spiro atoms. The van der Waals surface area contributed by atoms with E-state index >= 15 is 0 Å². The predicted molar refractivity (Wildman–Crippen MR) is 91.3 cm³/mol. The van der Waals surface area contributed by atoms with Crippen LogP contribution in [0.15, 0.2) is 53.4 Å². The molecule has 1 amide bonds. The van der Waals surface area contributed by atoms with Gasteiger partial charge in [0.25, 0.3) is 0 Å². The Morgan fingerprint density at radius 3 is 2.59 bits per heavy atom. The molecule has 1 N–H and O–H groups in total. The zero-order chi connectivity index (χ0) is 15.9. The molecule has 0 unspecified atom stereocenters. The minimum atomic E-state index is -0.141. The summed E-state index contributed by atoms with van der Waals surface area (Å²) >= 11 is 1.54. The van der Waals surface area contributed by atoms with Gasteiger partial charge in [-0.2, -0.15) is 0 Å². The highest BCUT2D eigenvalue weighted by Crippen LogP contribution is 2.25. The first-order valence-electron chi connectivity index (χ1n) is 7.22. The summed E-state index contributed by atoms with van der Waals surface area (Å²) in [7, 11) is 1.64. The number of nitrogens with one attached hydrogen (secondary N) is 1. The van der Waals surface area contributed by atoms with Crippen LogP contribution in [0.1, 0.15) is 18.1 Å². The average molecular weight is 315 g/mol. The molecule has 0 radical (unpaired) electrons. The molecular weight excluding hydrogens is 294 g/mol. The smallest absolute Gasteiger partial charge is 0.233 e. The maximum atomic E-state index is 12.2. The van der Waals surface area contributed by atoms with E-state index in [1.165, 1.54) is 5.56 Å². The van der Waals surface area contributed by atoms with E-state index < -0.39 is 0 Å². The Morgan fingerprint density at radius 2 is 1.95 bits per heavy atom. The molecule has 0 heterocycles. The molecule has 2 rings (SSSR count). The fraction of sp³-hybridized carbons (Fsp3) is 0.278. The number of rotatable bonds is 6. The van der Waals surface area contributed by atoms with Crippen LogP contribution in [0.2, 0.25) is 0 Å². The van der Waals surface area contributed by atoms with E-state index in [1.54, 1.807) is 18.9 Å². The van der Waals surface area contributed by atoms with Crippen molar-refractivity contribution in [1.29, 1.82) is 0 Å². The van der Waals surface area contributed by atoms with E-state index in [0.29, 0.717) is 6.54 Å². The molecular formula is C18H21NO2S. The Labute approximate surface area is 136 Å². The number of hydrogen-bond acceptors (Lipinski definition) is 3. The Hall–Kier alpha value is -1.94. The molecule has 22 heavy (non-hydrogen) atoms. The van der Waals surface area contributed by atoms with Crippen molar-refractivity contribution in [3.05, 3.63) is 59.7 Å². The maximum Gasteiger partial charge on any atom is 0.233 e. The van der Waals surface area contributed by atoms with E-state index in [4.69, 9.17) is 4.74 Å². The van der Waals surface area contributed by atoms with Gasteiger partial charge < -0.3 is 10.1 Å². The molecule has 0 saturated heterocycles. The van der Waals surface area contributed by atoms with Gasteiger partial charge in [-0.25, -0.2) is 0 Å². The summed E-state index contributed by atoms with van der Waals surface area (Å²) in [6, 6.07) is 15.9. The Bertz CT molecular complexity index is 625. The van der Waals surface area contributed by atoms with Crippen LogP contribution in [0, 0.1) is 6.92 Å². The summed E-state index contributed by atoms with van der Waals surface area (Å²) in [6.45, 7) is 4.53. The first kappa shape index (κ1) is 16.4. The summed E-state index contributed by atoms with van der Waals surface area (Å²) < 4.78 is 5.13. The first-order chi connectivity index (χ1) is 10.6. The number of thioether (sulfide) groups is 1. The summed E-state index contributed by atoms with van der Waals surface area (Å²) in [5, 5.41) is 2.84. The van der Waals surface area contributed by atoms with Gasteiger partial charge in [0.1, 0.15) is 5.75 Å². The number of amides is 1. The molecule has 0 fully saturated rings. The van der Waals surface area contributed by atoms with Gasteiger partial charge in [0.2, 0.25) is 5.91 Å². The highest BCUT2D eigenvalue weighted by atomic mass is 32.2. The molecule has 3 nitrogen and oxygen atoms in total. The van der Waals surface area contributed by atoms with E-state index in [0.717, 1.165) is 16.2 Å². The highest BCUT2D eigenvalue weighted by Gasteiger charge is 2.14. The van der Waals surface area contributed by atoms with Gasteiger partial charge in [-0.1, -0.05) is 29.8 Å². The van der Waals surface area contributed by atoms with E-state index in [1.807, 2.05) is 56.3 Å². The molecule has 0 bridgehead atoms. The van der Waals surface area contributed by atoms with Crippen molar-refractivity contribution in [2.75, 3.05) is 7.11 Å². The van der Waals surface area contributed by atoms with E-state index in [9.17, 15) is 4.79 Å². The maximum absolute atomic E-state index is 12.2. The summed E-state index contributed by atoms with van der Waals surface area (Å²) in [5.41, 5.74) is 2.32. The van der Waals surface area contributed by atoms with E-state index in [-0.39, 0.29) is 11.2 Å². The first-order valence-corrected chi connectivity index (χ1v) is 8.10. The fourth-order valence-electron chi connectivity index (χ4n) is 2.07. The summed E-state index contributed by atoms with van der Waals surface area (Å²) in [6.07, 6.45) is 0. The lowest BCUT2D eigenvalue weighted by atomic mass is 10.1. The van der Waals surface area contributed by atoms with Crippen LogP contribution in [-0.4, -0.2) is 18.3 Å². The molecule has 116 valence electrons. The third-order valence-corrected chi connectivity index (χ3v) is 4.40. The quantitative estimate of drug-likeness (QED) is 0.824. The van der Waals surface area contributed by atoms with Gasteiger partial charge in [0, 0.05) is 11.4 Å². The lowest BCUT2D eigenvalue weighted by molar-refractivity contribution is -0.120. The Kier molecular flexibility index (Phi) is 5.90. The van der Waals surface area contributed by atoms with Crippen LogP contribution < -0.4 is 10.1 Å². The molecule has 2 aromatic rings. The molecule has 0 aliphatic rings. The second kappa shape index (κ2) is 7.90. The minimum Gasteiger partial charge on any atom is -0.497 e. The molecule has 0 saturated carbocycles. The molecule has 0 aliphatic carbocycles. The van der Waals surface area contributed by atoms with Crippen LogP contribution in [0.25, 0.3) is 0 Å². The number of carbonyl (C=O) groups is 1. The normalized spacial score (nSPS) is 11.8. The number of aryl methyl sites for hydroxylation is 1. The molecule has 1 atom stereocenters. The van der Waals surface area contributed by atoms with Gasteiger partial charge in [0.05, 0.1) is 12.4 Å². The largest absolute Gasteiger partial charge is 0.497 e. The zero-order valence-electron chi connectivity index (χ0n) is 13.1. The topological polar surface area (TPSA) is 38.3 Å². The minimum absolute atomic E-state index is 0.0438. The van der Waals surface area contributed by atoms with Crippen molar-refractivity contribution < 1.29 is 9.53 Å². The van der Waals surface area contributed by atoms with Gasteiger partial charge in [0.15, 0.2) is 0 Å². The van der Waals surface area contributed by atoms with Crippen molar-refractivity contribution in [2.24, 2.45) is 0 Å². The van der Waals surface area contributed by atoms with Crippen LogP contribution in [0.5, 0.6) is 5.75 Å². The Morgan fingerprint density at radius 1 is 1.23 bits per heavy atom. The summed E-state index contributed by atoms with van der Waals surface area (Å²) in [5.74, 6) is 0.864.